The summed E-state index contributed by atoms with van der Waals surface area (Å²) in [6, 6.07) is 14.6. The van der Waals surface area contributed by atoms with Gasteiger partial charge in [0.2, 0.25) is 0 Å². The van der Waals surface area contributed by atoms with Gasteiger partial charge in [0.25, 0.3) is 0 Å². The summed E-state index contributed by atoms with van der Waals surface area (Å²) in [5.74, 6) is 0. The third-order valence-corrected chi connectivity index (χ3v) is 4.37. The molecule has 0 saturated carbocycles. The summed E-state index contributed by atoms with van der Waals surface area (Å²) >= 11 is 1.78. The number of fused-ring (bicyclic) bond motifs is 2. The topological polar surface area (TPSA) is 37.8 Å². The maximum Gasteiger partial charge on any atom is 0.0906 e. The number of hydrogen-bond acceptors (Lipinski definition) is 4. The zero-order valence-electron chi connectivity index (χ0n) is 10.6. The lowest BCUT2D eigenvalue weighted by molar-refractivity contribution is 1.20. The van der Waals surface area contributed by atoms with E-state index >= 15 is 0 Å². The lowest BCUT2D eigenvalue weighted by atomic mass is 10.1. The Kier molecular flexibility index (Phi) is 2.67. The molecular weight excluding hydrogens is 266 g/mol. The van der Waals surface area contributed by atoms with E-state index in [0.29, 0.717) is 0 Å². The van der Waals surface area contributed by atoms with Crippen molar-refractivity contribution in [3.05, 3.63) is 61.1 Å². The van der Waals surface area contributed by atoms with E-state index in [1.807, 2.05) is 6.07 Å². The van der Waals surface area contributed by atoms with Gasteiger partial charge in [-0.3, -0.25) is 9.97 Å². The van der Waals surface area contributed by atoms with E-state index in [-0.39, 0.29) is 0 Å². The Morgan fingerprint density at radius 3 is 2.70 bits per heavy atom. The molecule has 3 nitrogen and oxygen atoms in total. The van der Waals surface area contributed by atoms with Gasteiger partial charge >= 0.3 is 0 Å². The highest BCUT2D eigenvalue weighted by Crippen LogP contribution is 2.47. The second-order valence-corrected chi connectivity index (χ2v) is 5.58. The molecule has 0 radical (unpaired) electrons. The van der Waals surface area contributed by atoms with Crippen molar-refractivity contribution in [1.29, 1.82) is 0 Å². The number of hydrogen-bond donors (Lipinski definition) is 1. The average molecular weight is 277 g/mol. The molecule has 0 fully saturated rings. The van der Waals surface area contributed by atoms with Crippen molar-refractivity contribution < 1.29 is 0 Å². The van der Waals surface area contributed by atoms with Gasteiger partial charge in [-0.05, 0) is 18.2 Å². The van der Waals surface area contributed by atoms with Crippen LogP contribution in [0.5, 0.6) is 0 Å². The van der Waals surface area contributed by atoms with Crippen LogP contribution in [0.2, 0.25) is 0 Å². The van der Waals surface area contributed by atoms with E-state index in [9.17, 15) is 0 Å². The second kappa shape index (κ2) is 4.65. The fraction of sp³-hybridized carbons (Fsp3) is 0. The van der Waals surface area contributed by atoms with Gasteiger partial charge in [0.15, 0.2) is 0 Å². The van der Waals surface area contributed by atoms with Crippen LogP contribution in [0.15, 0.2) is 70.8 Å². The van der Waals surface area contributed by atoms with Crippen molar-refractivity contribution in [2.45, 2.75) is 9.79 Å². The first-order valence-electron chi connectivity index (χ1n) is 6.35. The number of rotatable bonds is 1. The quantitative estimate of drug-likeness (QED) is 0.561. The number of nitrogens with zero attached hydrogens (tertiary/aromatic N) is 2. The maximum atomic E-state index is 4.40. The van der Waals surface area contributed by atoms with E-state index in [2.05, 4.69) is 51.7 Å². The minimum Gasteiger partial charge on any atom is -0.353 e. The molecule has 1 aliphatic heterocycles. The molecule has 0 unspecified atom stereocenters. The average Bonchev–Trinajstić information content (AvgIpc) is 2.53. The molecule has 4 heteroatoms. The van der Waals surface area contributed by atoms with Crippen LogP contribution in [0.25, 0.3) is 11.3 Å². The van der Waals surface area contributed by atoms with E-state index in [1.165, 1.54) is 9.79 Å². The SMILES string of the molecule is c1ccc2c(c1)Nc1c(cccc1-c1cnccn1)S2. The van der Waals surface area contributed by atoms with Crippen molar-refractivity contribution in [3.63, 3.8) is 0 Å². The second-order valence-electron chi connectivity index (χ2n) is 4.49. The molecule has 2 heterocycles. The minimum atomic E-state index is 0.886. The molecule has 0 saturated heterocycles. The van der Waals surface area contributed by atoms with Crippen LogP contribution in [0, 0.1) is 0 Å². The lowest BCUT2D eigenvalue weighted by Crippen LogP contribution is -2.02. The van der Waals surface area contributed by atoms with Crippen LogP contribution in [0.3, 0.4) is 0 Å². The number of anilines is 2. The van der Waals surface area contributed by atoms with Gasteiger partial charge in [0, 0.05) is 27.7 Å². The zero-order chi connectivity index (χ0) is 13.4. The van der Waals surface area contributed by atoms with Crippen LogP contribution in [-0.4, -0.2) is 9.97 Å². The van der Waals surface area contributed by atoms with Gasteiger partial charge in [0.1, 0.15) is 0 Å². The van der Waals surface area contributed by atoms with Gasteiger partial charge in [-0.1, -0.05) is 36.0 Å². The van der Waals surface area contributed by atoms with Crippen LogP contribution in [0.1, 0.15) is 0 Å². The first-order chi connectivity index (χ1) is 9.92. The smallest absolute Gasteiger partial charge is 0.0906 e. The Bertz CT molecular complexity index is 772. The third kappa shape index (κ3) is 1.85. The summed E-state index contributed by atoms with van der Waals surface area (Å²) in [7, 11) is 0. The molecule has 0 aliphatic carbocycles. The van der Waals surface area contributed by atoms with Gasteiger partial charge in [0.05, 0.1) is 23.3 Å². The van der Waals surface area contributed by atoms with E-state index in [1.54, 1.807) is 30.4 Å². The summed E-state index contributed by atoms with van der Waals surface area (Å²) in [5.41, 5.74) is 4.22. The van der Waals surface area contributed by atoms with Gasteiger partial charge < -0.3 is 5.32 Å². The standard InChI is InChI=1S/C16H11N3S/c1-2-6-14-12(5-1)19-16-11(4-3-7-15(16)20-14)13-10-17-8-9-18-13/h1-10,19H. The van der Waals surface area contributed by atoms with Crippen molar-refractivity contribution in [1.82, 2.24) is 9.97 Å². The minimum absolute atomic E-state index is 0.886. The Labute approximate surface area is 121 Å². The Balaban J connectivity index is 1.87. The molecule has 0 bridgehead atoms. The number of para-hydroxylation sites is 2. The Hall–Kier alpha value is -2.33. The first kappa shape index (κ1) is 11.5. The normalized spacial score (nSPS) is 12.2. The zero-order valence-corrected chi connectivity index (χ0v) is 11.4. The van der Waals surface area contributed by atoms with E-state index in [4.69, 9.17) is 0 Å². The van der Waals surface area contributed by atoms with Crippen molar-refractivity contribution in [2.24, 2.45) is 0 Å². The molecule has 4 rings (SSSR count). The molecule has 0 amide bonds. The summed E-state index contributed by atoms with van der Waals surface area (Å²) in [6.07, 6.45) is 5.21. The predicted molar refractivity (Wildman–Crippen MR) is 81.3 cm³/mol. The number of aromatic nitrogens is 2. The molecule has 3 aromatic rings. The largest absolute Gasteiger partial charge is 0.353 e. The van der Waals surface area contributed by atoms with Crippen molar-refractivity contribution in [2.75, 3.05) is 5.32 Å². The molecule has 1 aliphatic rings. The molecule has 96 valence electrons. The molecular formula is C16H11N3S. The lowest BCUT2D eigenvalue weighted by Gasteiger charge is -2.22. The Morgan fingerprint density at radius 2 is 1.80 bits per heavy atom. The maximum absolute atomic E-state index is 4.40. The molecule has 1 aromatic heterocycles. The highest BCUT2D eigenvalue weighted by molar-refractivity contribution is 7.99. The summed E-state index contributed by atoms with van der Waals surface area (Å²) in [6.45, 7) is 0. The molecule has 0 spiro atoms. The number of nitrogens with one attached hydrogen (secondary N) is 1. The molecule has 20 heavy (non-hydrogen) atoms. The number of benzene rings is 2. The fourth-order valence-corrected chi connectivity index (χ4v) is 3.33. The predicted octanol–water partition coefficient (Wildman–Crippen LogP) is 4.35. The first-order valence-corrected chi connectivity index (χ1v) is 7.17. The highest BCUT2D eigenvalue weighted by atomic mass is 32.2. The Morgan fingerprint density at radius 1 is 0.900 bits per heavy atom. The fourth-order valence-electron chi connectivity index (χ4n) is 2.31. The van der Waals surface area contributed by atoms with Crippen LogP contribution >= 0.6 is 11.8 Å². The highest BCUT2D eigenvalue weighted by Gasteiger charge is 2.18. The van der Waals surface area contributed by atoms with Crippen molar-refractivity contribution >= 4 is 23.1 Å². The van der Waals surface area contributed by atoms with Crippen molar-refractivity contribution in [3.8, 4) is 11.3 Å². The molecule has 0 atom stereocenters. The summed E-state index contributed by atoms with van der Waals surface area (Å²) in [5, 5.41) is 3.52. The van der Waals surface area contributed by atoms with E-state index < -0.39 is 0 Å². The van der Waals surface area contributed by atoms with Gasteiger partial charge in [-0.2, -0.15) is 0 Å². The van der Waals surface area contributed by atoms with Crippen LogP contribution in [0.4, 0.5) is 11.4 Å². The monoisotopic (exact) mass is 277 g/mol. The van der Waals surface area contributed by atoms with Crippen LogP contribution in [-0.2, 0) is 0 Å². The van der Waals surface area contributed by atoms with E-state index in [0.717, 1.165) is 22.6 Å². The molecule has 1 N–H and O–H groups in total. The summed E-state index contributed by atoms with van der Waals surface area (Å²) in [4.78, 5) is 11.0. The summed E-state index contributed by atoms with van der Waals surface area (Å²) < 4.78 is 0. The molecule has 2 aromatic carbocycles. The van der Waals surface area contributed by atoms with Gasteiger partial charge in [-0.25, -0.2) is 0 Å². The van der Waals surface area contributed by atoms with Crippen LogP contribution < -0.4 is 5.32 Å². The third-order valence-electron chi connectivity index (χ3n) is 3.23. The van der Waals surface area contributed by atoms with Gasteiger partial charge in [-0.15, -0.1) is 0 Å².